The molecule has 10 heteroatoms. The summed E-state index contributed by atoms with van der Waals surface area (Å²) in [5, 5.41) is 5.64. The van der Waals surface area contributed by atoms with E-state index in [1.54, 1.807) is 11.8 Å². The number of benzene rings is 1. The molecule has 0 bridgehead atoms. The molecule has 9 nitrogen and oxygen atoms in total. The van der Waals surface area contributed by atoms with Crippen molar-refractivity contribution in [3.8, 4) is 0 Å². The van der Waals surface area contributed by atoms with Crippen molar-refractivity contribution in [2.24, 2.45) is 0 Å². The van der Waals surface area contributed by atoms with Gasteiger partial charge in [0.1, 0.15) is 0 Å². The van der Waals surface area contributed by atoms with Crippen LogP contribution >= 0.6 is 11.8 Å². The fourth-order valence-electron chi connectivity index (χ4n) is 2.61. The first kappa shape index (κ1) is 20.2. The van der Waals surface area contributed by atoms with Crippen molar-refractivity contribution in [3.05, 3.63) is 30.1 Å². The van der Waals surface area contributed by atoms with Gasteiger partial charge >= 0.3 is 6.03 Å². The van der Waals surface area contributed by atoms with Crippen molar-refractivity contribution < 1.29 is 9.53 Å². The highest BCUT2D eigenvalue weighted by atomic mass is 32.2. The summed E-state index contributed by atoms with van der Waals surface area (Å²) in [6.07, 6.45) is 1.99. The molecule has 2 heterocycles. The average molecular weight is 404 g/mol. The highest BCUT2D eigenvalue weighted by Crippen LogP contribution is 2.19. The zero-order valence-corrected chi connectivity index (χ0v) is 17.1. The van der Waals surface area contributed by atoms with Crippen LogP contribution in [0, 0.1) is 0 Å². The maximum absolute atomic E-state index is 12.3. The largest absolute Gasteiger partial charge is 0.378 e. The van der Waals surface area contributed by atoms with Crippen LogP contribution in [-0.2, 0) is 11.3 Å². The number of thioether (sulfide) groups is 1. The number of urea groups is 1. The van der Waals surface area contributed by atoms with Crippen LogP contribution in [0.25, 0.3) is 0 Å². The van der Waals surface area contributed by atoms with E-state index in [2.05, 4.69) is 30.5 Å². The Morgan fingerprint density at radius 1 is 1.25 bits per heavy atom. The summed E-state index contributed by atoms with van der Waals surface area (Å²) in [5.41, 5.74) is 0.739. The summed E-state index contributed by atoms with van der Waals surface area (Å²) >= 11 is 1.62. The van der Waals surface area contributed by atoms with E-state index in [1.165, 1.54) is 0 Å². The molecule has 150 valence electrons. The first-order valence-corrected chi connectivity index (χ1v) is 10.2. The molecule has 1 aliphatic rings. The van der Waals surface area contributed by atoms with Crippen LogP contribution in [0.4, 0.5) is 22.4 Å². The van der Waals surface area contributed by atoms with E-state index in [1.807, 2.05) is 49.5 Å². The van der Waals surface area contributed by atoms with E-state index in [0.717, 1.165) is 23.7 Å². The molecule has 1 fully saturated rings. The van der Waals surface area contributed by atoms with Crippen molar-refractivity contribution in [1.29, 1.82) is 0 Å². The maximum Gasteiger partial charge on any atom is 0.319 e. The Morgan fingerprint density at radius 2 is 2.04 bits per heavy atom. The second-order valence-electron chi connectivity index (χ2n) is 6.39. The molecule has 2 amide bonds. The van der Waals surface area contributed by atoms with Gasteiger partial charge in [-0.1, -0.05) is 6.07 Å². The minimum absolute atomic E-state index is 0.203. The molecule has 2 aromatic rings. The molecule has 28 heavy (non-hydrogen) atoms. The fourth-order valence-corrected chi connectivity index (χ4v) is 3.07. The predicted octanol–water partition coefficient (Wildman–Crippen LogP) is 1.82. The van der Waals surface area contributed by atoms with Gasteiger partial charge in [0.05, 0.1) is 19.8 Å². The van der Waals surface area contributed by atoms with E-state index in [4.69, 9.17) is 4.74 Å². The van der Waals surface area contributed by atoms with Crippen LogP contribution in [0.3, 0.4) is 0 Å². The number of ether oxygens (including phenoxy) is 1. The fraction of sp³-hybridized carbons (Fsp3) is 0.444. The zero-order chi connectivity index (χ0) is 19.9. The number of aromatic nitrogens is 3. The molecular formula is C18H25N7O2S. The van der Waals surface area contributed by atoms with Crippen LogP contribution in [0.1, 0.15) is 5.82 Å². The molecule has 0 radical (unpaired) electrons. The Kier molecular flexibility index (Phi) is 6.88. The second-order valence-corrected chi connectivity index (χ2v) is 7.26. The summed E-state index contributed by atoms with van der Waals surface area (Å²) < 4.78 is 5.39. The Balaban J connectivity index is 1.66. The summed E-state index contributed by atoms with van der Waals surface area (Å²) in [5.74, 6) is 1.67. The quantitative estimate of drug-likeness (QED) is 0.705. The molecule has 3 rings (SSSR count). The van der Waals surface area contributed by atoms with Gasteiger partial charge in [0.25, 0.3) is 0 Å². The van der Waals surface area contributed by atoms with Gasteiger partial charge in [-0.05, 0) is 24.5 Å². The topological polar surface area (TPSA) is 95.5 Å². The van der Waals surface area contributed by atoms with E-state index in [-0.39, 0.29) is 12.6 Å². The minimum atomic E-state index is -0.307. The highest BCUT2D eigenvalue weighted by Gasteiger charge is 2.17. The Bertz CT molecular complexity index is 812. The van der Waals surface area contributed by atoms with Gasteiger partial charge in [-0.15, -0.1) is 11.8 Å². The molecule has 1 aliphatic heterocycles. The van der Waals surface area contributed by atoms with Gasteiger partial charge < -0.3 is 25.2 Å². The number of amides is 2. The summed E-state index contributed by atoms with van der Waals surface area (Å²) in [7, 11) is 3.75. The number of anilines is 3. The van der Waals surface area contributed by atoms with Gasteiger partial charge in [0.2, 0.25) is 11.9 Å². The number of rotatable bonds is 6. The van der Waals surface area contributed by atoms with E-state index in [0.29, 0.717) is 30.9 Å². The number of hydrogen-bond acceptors (Lipinski definition) is 8. The molecule has 0 atom stereocenters. The number of carbonyl (C=O) groups is 1. The number of carbonyl (C=O) groups excluding carboxylic acids is 1. The monoisotopic (exact) mass is 403 g/mol. The predicted molar refractivity (Wildman–Crippen MR) is 111 cm³/mol. The van der Waals surface area contributed by atoms with Crippen LogP contribution in [0.2, 0.25) is 0 Å². The van der Waals surface area contributed by atoms with E-state index in [9.17, 15) is 4.79 Å². The number of hydrogen-bond donors (Lipinski definition) is 2. The van der Waals surface area contributed by atoms with E-state index < -0.39 is 0 Å². The van der Waals surface area contributed by atoms with Crippen molar-refractivity contribution in [2.75, 3.05) is 61.8 Å². The van der Waals surface area contributed by atoms with Gasteiger partial charge in [0, 0.05) is 37.8 Å². The van der Waals surface area contributed by atoms with E-state index >= 15 is 0 Å². The molecule has 0 saturated carbocycles. The number of morpholine rings is 1. The normalized spacial score (nSPS) is 13.9. The molecule has 1 saturated heterocycles. The lowest BCUT2D eigenvalue weighted by Gasteiger charge is -2.27. The van der Waals surface area contributed by atoms with Gasteiger partial charge in [-0.2, -0.15) is 15.0 Å². The lowest BCUT2D eigenvalue weighted by atomic mass is 10.3. The summed E-state index contributed by atoms with van der Waals surface area (Å²) in [6, 6.07) is 7.37. The van der Waals surface area contributed by atoms with Crippen LogP contribution in [0.15, 0.2) is 29.2 Å². The zero-order valence-electron chi connectivity index (χ0n) is 16.3. The Morgan fingerprint density at radius 3 is 2.75 bits per heavy atom. The molecule has 1 aromatic carbocycles. The standard InChI is InChI=1S/C18H25N7O2S/c1-24(2)16-21-15(22-17(23-16)25-7-9-27-10-8-25)12-19-18(26)20-13-5-4-6-14(11-13)28-3/h4-6,11H,7-10,12H2,1-3H3,(H2,19,20,26). The molecule has 0 aliphatic carbocycles. The van der Waals surface area contributed by atoms with Crippen molar-refractivity contribution >= 4 is 35.4 Å². The van der Waals surface area contributed by atoms with Crippen LogP contribution in [-0.4, -0.2) is 67.6 Å². The smallest absolute Gasteiger partial charge is 0.319 e. The summed E-state index contributed by atoms with van der Waals surface area (Å²) in [6.45, 7) is 2.96. The maximum atomic E-state index is 12.3. The minimum Gasteiger partial charge on any atom is -0.378 e. The lowest BCUT2D eigenvalue weighted by Crippen LogP contribution is -2.38. The summed E-state index contributed by atoms with van der Waals surface area (Å²) in [4.78, 5) is 30.7. The third kappa shape index (κ3) is 5.46. The van der Waals surface area contributed by atoms with Crippen molar-refractivity contribution in [1.82, 2.24) is 20.3 Å². The first-order valence-electron chi connectivity index (χ1n) is 8.99. The number of nitrogens with zero attached hydrogens (tertiary/aromatic N) is 5. The highest BCUT2D eigenvalue weighted by molar-refractivity contribution is 7.98. The second kappa shape index (κ2) is 9.56. The van der Waals surface area contributed by atoms with Gasteiger partial charge in [-0.25, -0.2) is 4.79 Å². The Hall–Kier alpha value is -2.59. The average Bonchev–Trinajstić information content (AvgIpc) is 2.73. The molecular weight excluding hydrogens is 378 g/mol. The van der Waals surface area contributed by atoms with Crippen molar-refractivity contribution in [3.63, 3.8) is 0 Å². The third-order valence-corrected chi connectivity index (χ3v) is 4.81. The third-order valence-electron chi connectivity index (χ3n) is 4.09. The van der Waals surface area contributed by atoms with Gasteiger partial charge in [-0.3, -0.25) is 0 Å². The Labute approximate surface area is 168 Å². The van der Waals surface area contributed by atoms with Crippen LogP contribution < -0.4 is 20.4 Å². The lowest BCUT2D eigenvalue weighted by molar-refractivity contribution is 0.122. The van der Waals surface area contributed by atoms with Gasteiger partial charge in [0.15, 0.2) is 5.82 Å². The molecule has 2 N–H and O–H groups in total. The van der Waals surface area contributed by atoms with Crippen molar-refractivity contribution in [2.45, 2.75) is 11.4 Å². The molecule has 0 unspecified atom stereocenters. The first-order chi connectivity index (χ1) is 13.5. The molecule has 0 spiro atoms. The SMILES string of the molecule is CSc1cccc(NC(=O)NCc2nc(N(C)C)nc(N3CCOCC3)n2)c1. The molecule has 1 aromatic heterocycles. The van der Waals surface area contributed by atoms with Crippen LogP contribution in [0.5, 0.6) is 0 Å². The number of nitrogens with one attached hydrogen (secondary N) is 2.